The molecule has 3 nitrogen and oxygen atoms in total. The second kappa shape index (κ2) is 12.0. The van der Waals surface area contributed by atoms with E-state index in [4.69, 9.17) is 4.42 Å². The van der Waals surface area contributed by atoms with Gasteiger partial charge in [-0.1, -0.05) is 134 Å². The van der Waals surface area contributed by atoms with Gasteiger partial charge in [0.15, 0.2) is 0 Å². The third-order valence-corrected chi connectivity index (χ3v) is 16.4. The third kappa shape index (κ3) is 4.68. The molecule has 3 aliphatic rings. The Hall–Kier alpha value is -6.56. The first kappa shape index (κ1) is 36.9. The third-order valence-electron chi connectivity index (χ3n) is 15.3. The van der Waals surface area contributed by atoms with Crippen LogP contribution in [0.25, 0.3) is 91.9 Å². The molecule has 11 aromatic rings. The zero-order valence-corrected chi connectivity index (χ0v) is 38.4. The minimum absolute atomic E-state index is 0.0365. The van der Waals surface area contributed by atoms with Crippen LogP contribution in [0.15, 0.2) is 144 Å². The van der Waals surface area contributed by atoms with Crippen molar-refractivity contribution < 1.29 is 4.42 Å². The SMILES string of the molecule is CC(C)(C)c1ccc(N2B3c4cc5sc6ccccc6c5cc4-n4c5cc6oc7ccccc7c6cc5c5ccc(c3c54)-c3cc4c(cc32)-c2ccc(C(C)(C)C)cc2C4(C)C)cc1. The minimum atomic E-state index is -0.163. The highest BCUT2D eigenvalue weighted by Gasteiger charge is 2.46. The predicted molar refractivity (Wildman–Crippen MR) is 275 cm³/mol. The summed E-state index contributed by atoms with van der Waals surface area (Å²) in [5.74, 6) is 0. The highest BCUT2D eigenvalue weighted by molar-refractivity contribution is 7.26. The van der Waals surface area contributed by atoms with Crippen LogP contribution in [0, 0.1) is 0 Å². The summed E-state index contributed by atoms with van der Waals surface area (Å²) in [6.07, 6.45) is 0. The molecule has 0 bridgehead atoms. The molecule has 2 aliphatic heterocycles. The Balaban J connectivity index is 1.14. The summed E-state index contributed by atoms with van der Waals surface area (Å²) in [5.41, 5.74) is 21.5. The lowest BCUT2D eigenvalue weighted by Crippen LogP contribution is -2.60. The van der Waals surface area contributed by atoms with Crippen LogP contribution in [-0.2, 0) is 16.2 Å². The number of rotatable bonds is 1. The molecule has 0 unspecified atom stereocenters. The number of anilines is 2. The van der Waals surface area contributed by atoms with Gasteiger partial charge in [0.05, 0.1) is 11.0 Å². The highest BCUT2D eigenvalue weighted by Crippen LogP contribution is 2.55. The van der Waals surface area contributed by atoms with Crippen molar-refractivity contribution in [1.29, 1.82) is 0 Å². The summed E-state index contributed by atoms with van der Waals surface area (Å²) in [6.45, 7) is 18.7. The molecule has 0 spiro atoms. The van der Waals surface area contributed by atoms with Gasteiger partial charge in [-0.15, -0.1) is 11.3 Å². The fourth-order valence-electron chi connectivity index (χ4n) is 11.9. The number of para-hydroxylation sites is 1. The monoisotopic (exact) mass is 842 g/mol. The second-order valence-corrected chi connectivity index (χ2v) is 22.4. The maximum absolute atomic E-state index is 6.63. The van der Waals surface area contributed by atoms with Gasteiger partial charge >= 0.3 is 6.85 Å². The van der Waals surface area contributed by atoms with Gasteiger partial charge < -0.3 is 13.8 Å². The molecule has 5 heteroatoms. The van der Waals surface area contributed by atoms with Crippen molar-refractivity contribution in [3.8, 4) is 27.9 Å². The number of furan rings is 1. The molecule has 1 aliphatic carbocycles. The van der Waals surface area contributed by atoms with E-state index in [1.807, 2.05) is 11.3 Å². The second-order valence-electron chi connectivity index (χ2n) is 21.3. The Kier molecular flexibility index (Phi) is 6.89. The average molecular weight is 843 g/mol. The molecule has 64 heavy (non-hydrogen) atoms. The van der Waals surface area contributed by atoms with E-state index in [1.165, 1.54) is 114 Å². The number of nitrogens with zero attached hydrogens (tertiary/aromatic N) is 2. The Morgan fingerprint density at radius 3 is 2.03 bits per heavy atom. The van der Waals surface area contributed by atoms with Crippen molar-refractivity contribution in [1.82, 2.24) is 4.57 Å². The summed E-state index contributed by atoms with van der Waals surface area (Å²) in [5, 5.41) is 7.47. The quantitative estimate of drug-likeness (QED) is 0.154. The van der Waals surface area contributed by atoms with Crippen LogP contribution in [-0.4, -0.2) is 11.4 Å². The summed E-state index contributed by atoms with van der Waals surface area (Å²) in [6, 6.07) is 53.9. The molecule has 0 radical (unpaired) electrons. The molecule has 14 rings (SSSR count). The van der Waals surface area contributed by atoms with Crippen molar-refractivity contribution >= 4 is 104 Å². The van der Waals surface area contributed by atoms with E-state index >= 15 is 0 Å². The Morgan fingerprint density at radius 2 is 1.23 bits per heavy atom. The number of aromatic nitrogens is 1. The number of hydrogen-bond donors (Lipinski definition) is 0. The fraction of sp³-hybridized carbons (Fsp3) is 0.186. The molecule has 0 saturated carbocycles. The van der Waals surface area contributed by atoms with Gasteiger partial charge in [-0.25, -0.2) is 0 Å². The van der Waals surface area contributed by atoms with Gasteiger partial charge in [-0.05, 0) is 115 Å². The minimum Gasteiger partial charge on any atom is -0.456 e. The lowest BCUT2D eigenvalue weighted by atomic mass is 9.44. The smallest absolute Gasteiger partial charge is 0.333 e. The summed E-state index contributed by atoms with van der Waals surface area (Å²) in [4.78, 5) is 2.71. The van der Waals surface area contributed by atoms with E-state index in [9.17, 15) is 0 Å². The van der Waals surface area contributed by atoms with Crippen LogP contribution in [0.5, 0.6) is 0 Å². The molecule has 5 heterocycles. The van der Waals surface area contributed by atoms with Crippen LogP contribution in [0.4, 0.5) is 11.4 Å². The summed E-state index contributed by atoms with van der Waals surface area (Å²) in [7, 11) is 0. The number of fused-ring (bicyclic) bond motifs is 17. The molecule has 8 aromatic carbocycles. The lowest BCUT2D eigenvalue weighted by Gasteiger charge is -2.42. The van der Waals surface area contributed by atoms with Crippen molar-refractivity contribution in [2.75, 3.05) is 4.81 Å². The van der Waals surface area contributed by atoms with E-state index in [-0.39, 0.29) is 23.1 Å². The zero-order valence-electron chi connectivity index (χ0n) is 37.6. The van der Waals surface area contributed by atoms with Crippen LogP contribution >= 0.6 is 11.3 Å². The standard InChI is InChI=1S/C59H47BN2OS/c1-57(2,3)32-17-20-34(21-18-32)62-49-28-40-35-22-19-33(58(4,5)6)25-45(35)59(7,8)46(40)27-42(49)38-23-24-39-41-26-43-36-13-9-11-15-51(36)63-52(43)31-48(41)61-50-29-44-37-14-10-12-16-53(37)64-54(44)30-47(50)60(62)55(38)56(39)61/h9-31H,1-8H3. The van der Waals surface area contributed by atoms with E-state index in [1.54, 1.807) is 0 Å². The molecule has 0 fully saturated rings. The average Bonchev–Trinajstić information content (AvgIpc) is 3.99. The van der Waals surface area contributed by atoms with Gasteiger partial charge in [0.2, 0.25) is 0 Å². The molecule has 308 valence electrons. The molecule has 0 N–H and O–H groups in total. The molecule has 0 atom stereocenters. The normalized spacial score (nSPS) is 14.9. The molecular weight excluding hydrogens is 796 g/mol. The first-order valence-electron chi connectivity index (χ1n) is 22.9. The van der Waals surface area contributed by atoms with Crippen LogP contribution in [0.1, 0.15) is 77.6 Å². The first-order valence-corrected chi connectivity index (χ1v) is 23.7. The number of thiophene rings is 1. The predicted octanol–water partition coefficient (Wildman–Crippen LogP) is 15.2. The lowest BCUT2D eigenvalue weighted by molar-refractivity contribution is 0.584. The van der Waals surface area contributed by atoms with Gasteiger partial charge in [-0.2, -0.15) is 0 Å². The van der Waals surface area contributed by atoms with E-state index in [2.05, 4.69) is 204 Å². The summed E-state index contributed by atoms with van der Waals surface area (Å²) < 4.78 is 11.9. The first-order chi connectivity index (χ1) is 30.7. The van der Waals surface area contributed by atoms with Crippen molar-refractivity contribution in [3.63, 3.8) is 0 Å². The Morgan fingerprint density at radius 1 is 0.516 bits per heavy atom. The van der Waals surface area contributed by atoms with Crippen molar-refractivity contribution in [2.45, 2.75) is 71.6 Å². The number of benzene rings is 8. The van der Waals surface area contributed by atoms with Crippen LogP contribution in [0.2, 0.25) is 0 Å². The molecule has 0 amide bonds. The summed E-state index contributed by atoms with van der Waals surface area (Å²) >= 11 is 1.91. The Labute approximate surface area is 377 Å². The maximum Gasteiger partial charge on any atom is 0.333 e. The Bertz CT molecular complexity index is 3900. The highest BCUT2D eigenvalue weighted by atomic mass is 32.1. The van der Waals surface area contributed by atoms with Gasteiger partial charge in [-0.3, -0.25) is 0 Å². The molecular formula is C59H47BN2OS. The van der Waals surface area contributed by atoms with E-state index in [0.717, 1.165) is 21.9 Å². The van der Waals surface area contributed by atoms with Gasteiger partial charge in [0, 0.05) is 75.8 Å². The van der Waals surface area contributed by atoms with Crippen LogP contribution in [0.3, 0.4) is 0 Å². The van der Waals surface area contributed by atoms with Crippen molar-refractivity contribution in [2.24, 2.45) is 0 Å². The largest absolute Gasteiger partial charge is 0.456 e. The van der Waals surface area contributed by atoms with Gasteiger partial charge in [0.25, 0.3) is 0 Å². The maximum atomic E-state index is 6.63. The van der Waals surface area contributed by atoms with Crippen LogP contribution < -0.4 is 15.7 Å². The number of hydrogen-bond acceptors (Lipinski definition) is 3. The zero-order chi connectivity index (χ0) is 43.3. The van der Waals surface area contributed by atoms with E-state index in [0.29, 0.717) is 0 Å². The van der Waals surface area contributed by atoms with Gasteiger partial charge in [0.1, 0.15) is 11.2 Å². The fourth-order valence-corrected chi connectivity index (χ4v) is 13.1. The topological polar surface area (TPSA) is 21.3 Å². The van der Waals surface area contributed by atoms with Crippen molar-refractivity contribution in [3.05, 3.63) is 162 Å². The van der Waals surface area contributed by atoms with E-state index < -0.39 is 0 Å². The molecule has 0 saturated heterocycles. The molecule has 3 aromatic heterocycles.